The van der Waals surface area contributed by atoms with Gasteiger partial charge in [0.25, 0.3) is 0 Å². The molecule has 4 heteroatoms. The Bertz CT molecular complexity index is 452. The molecule has 0 spiro atoms. The first kappa shape index (κ1) is 16.3. The Morgan fingerprint density at radius 1 is 1.33 bits per heavy atom. The highest BCUT2D eigenvalue weighted by molar-refractivity contribution is 6.30. The predicted octanol–water partition coefficient (Wildman–Crippen LogP) is 2.05. The highest BCUT2D eigenvalue weighted by Gasteiger charge is 2.27. The molecule has 0 radical (unpaired) electrons. The zero-order chi connectivity index (χ0) is 15.2. The molecule has 1 amide bonds. The first-order valence-corrected chi connectivity index (χ1v) is 8.34. The molecule has 1 aliphatic rings. The van der Waals surface area contributed by atoms with Crippen LogP contribution in [0, 0.1) is 5.92 Å². The van der Waals surface area contributed by atoms with Crippen LogP contribution in [0.15, 0.2) is 24.3 Å². The van der Waals surface area contributed by atoms with Crippen LogP contribution in [-0.4, -0.2) is 25.0 Å². The molecule has 2 rings (SSSR count). The first-order valence-electron chi connectivity index (χ1n) is 7.97. The number of halogens is 1. The zero-order valence-corrected chi connectivity index (χ0v) is 13.7. The number of likely N-dealkylation sites (tertiary alicyclic amines) is 1. The molecule has 1 heterocycles. The van der Waals surface area contributed by atoms with Crippen molar-refractivity contribution in [3.63, 3.8) is 0 Å². The molecule has 0 saturated carbocycles. The number of piperidine rings is 1. The van der Waals surface area contributed by atoms with Crippen LogP contribution in [0.3, 0.4) is 0 Å². The van der Waals surface area contributed by atoms with Crippen molar-refractivity contribution in [1.29, 1.82) is 0 Å². The molecule has 1 aromatic carbocycles. The SMILES string of the molecule is CC[C@H](C)NC(=O)C1CC[NH+](Cc2ccc(Cl)cc2)CC1. The number of benzene rings is 1. The maximum atomic E-state index is 12.1. The van der Waals surface area contributed by atoms with Crippen molar-refractivity contribution in [2.24, 2.45) is 5.92 Å². The molecule has 1 aliphatic heterocycles. The van der Waals surface area contributed by atoms with Crippen molar-refractivity contribution in [3.8, 4) is 0 Å². The van der Waals surface area contributed by atoms with Gasteiger partial charge in [0, 0.05) is 35.4 Å². The third kappa shape index (κ3) is 5.01. The summed E-state index contributed by atoms with van der Waals surface area (Å²) in [6.07, 6.45) is 2.97. The second-order valence-electron chi connectivity index (χ2n) is 6.15. The van der Waals surface area contributed by atoms with Crippen LogP contribution >= 0.6 is 11.6 Å². The average Bonchev–Trinajstić information content (AvgIpc) is 2.50. The van der Waals surface area contributed by atoms with Crippen molar-refractivity contribution in [1.82, 2.24) is 5.32 Å². The van der Waals surface area contributed by atoms with E-state index in [1.54, 1.807) is 4.90 Å². The van der Waals surface area contributed by atoms with Crippen LogP contribution in [0.2, 0.25) is 5.02 Å². The Balaban J connectivity index is 1.77. The van der Waals surface area contributed by atoms with E-state index in [0.29, 0.717) is 0 Å². The number of amides is 1. The van der Waals surface area contributed by atoms with Gasteiger partial charge in [-0.1, -0.05) is 30.7 Å². The summed E-state index contributed by atoms with van der Waals surface area (Å²) in [6.45, 7) is 7.34. The lowest BCUT2D eigenvalue weighted by Gasteiger charge is -2.29. The summed E-state index contributed by atoms with van der Waals surface area (Å²) in [4.78, 5) is 13.7. The topological polar surface area (TPSA) is 33.5 Å². The summed E-state index contributed by atoms with van der Waals surface area (Å²) in [5.41, 5.74) is 1.32. The van der Waals surface area contributed by atoms with Gasteiger partial charge in [0.2, 0.25) is 5.91 Å². The van der Waals surface area contributed by atoms with Crippen LogP contribution in [0.1, 0.15) is 38.7 Å². The van der Waals surface area contributed by atoms with E-state index in [9.17, 15) is 4.79 Å². The molecule has 2 N–H and O–H groups in total. The molecule has 1 aromatic rings. The van der Waals surface area contributed by atoms with Gasteiger partial charge in [0.15, 0.2) is 0 Å². The van der Waals surface area contributed by atoms with Crippen molar-refractivity contribution < 1.29 is 9.69 Å². The largest absolute Gasteiger partial charge is 0.353 e. The fraction of sp³-hybridized carbons (Fsp3) is 0.588. The fourth-order valence-electron chi connectivity index (χ4n) is 2.82. The second kappa shape index (κ2) is 7.81. The minimum Gasteiger partial charge on any atom is -0.353 e. The van der Waals surface area contributed by atoms with Gasteiger partial charge in [-0.2, -0.15) is 0 Å². The highest BCUT2D eigenvalue weighted by atomic mass is 35.5. The quantitative estimate of drug-likeness (QED) is 0.857. The van der Waals surface area contributed by atoms with E-state index < -0.39 is 0 Å². The molecule has 3 nitrogen and oxygen atoms in total. The molecule has 21 heavy (non-hydrogen) atoms. The lowest BCUT2D eigenvalue weighted by molar-refractivity contribution is -0.919. The maximum absolute atomic E-state index is 12.1. The van der Waals surface area contributed by atoms with Gasteiger partial charge >= 0.3 is 0 Å². The number of carbonyl (C=O) groups is 1. The molecule has 1 saturated heterocycles. The number of carbonyl (C=O) groups excluding carboxylic acids is 1. The van der Waals surface area contributed by atoms with E-state index >= 15 is 0 Å². The van der Waals surface area contributed by atoms with E-state index in [-0.39, 0.29) is 17.9 Å². The molecule has 0 unspecified atom stereocenters. The maximum Gasteiger partial charge on any atom is 0.223 e. The van der Waals surface area contributed by atoms with E-state index in [1.807, 2.05) is 12.1 Å². The van der Waals surface area contributed by atoms with Crippen LogP contribution < -0.4 is 10.2 Å². The lowest BCUT2D eigenvalue weighted by Crippen LogP contribution is -3.11. The molecular weight excluding hydrogens is 284 g/mol. The molecular formula is C17H26ClN2O+. The van der Waals surface area contributed by atoms with Gasteiger partial charge in [-0.3, -0.25) is 4.79 Å². The monoisotopic (exact) mass is 309 g/mol. The average molecular weight is 310 g/mol. The predicted molar refractivity (Wildman–Crippen MR) is 86.5 cm³/mol. The van der Waals surface area contributed by atoms with Crippen molar-refractivity contribution in [2.75, 3.05) is 13.1 Å². The number of quaternary nitrogens is 1. The smallest absolute Gasteiger partial charge is 0.223 e. The number of hydrogen-bond acceptors (Lipinski definition) is 1. The van der Waals surface area contributed by atoms with Gasteiger partial charge in [-0.25, -0.2) is 0 Å². The van der Waals surface area contributed by atoms with Gasteiger partial charge in [-0.05, 0) is 25.5 Å². The lowest BCUT2D eigenvalue weighted by atomic mass is 9.95. The Hall–Kier alpha value is -1.06. The van der Waals surface area contributed by atoms with Crippen molar-refractivity contribution in [3.05, 3.63) is 34.9 Å². The van der Waals surface area contributed by atoms with Crippen LogP contribution in [-0.2, 0) is 11.3 Å². The van der Waals surface area contributed by atoms with Crippen LogP contribution in [0.5, 0.6) is 0 Å². The summed E-state index contributed by atoms with van der Waals surface area (Å²) < 4.78 is 0. The summed E-state index contributed by atoms with van der Waals surface area (Å²) in [6, 6.07) is 8.37. The molecule has 0 aromatic heterocycles. The molecule has 116 valence electrons. The van der Waals surface area contributed by atoms with E-state index in [2.05, 4.69) is 31.3 Å². The van der Waals surface area contributed by atoms with Gasteiger partial charge in [-0.15, -0.1) is 0 Å². The van der Waals surface area contributed by atoms with Gasteiger partial charge < -0.3 is 10.2 Å². The van der Waals surface area contributed by atoms with Crippen molar-refractivity contribution in [2.45, 2.75) is 45.7 Å². The zero-order valence-electron chi connectivity index (χ0n) is 13.0. The number of hydrogen-bond donors (Lipinski definition) is 2. The summed E-state index contributed by atoms with van der Waals surface area (Å²) in [5.74, 6) is 0.447. The minimum absolute atomic E-state index is 0.202. The second-order valence-corrected chi connectivity index (χ2v) is 6.58. The standard InChI is InChI=1S/C17H25ClN2O/c1-3-13(2)19-17(21)15-8-10-20(11-9-15)12-14-4-6-16(18)7-5-14/h4-7,13,15H,3,8-12H2,1-2H3,(H,19,21)/p+1/t13-/m0/s1. The Labute approximate surface area is 132 Å². The van der Waals surface area contributed by atoms with Crippen LogP contribution in [0.25, 0.3) is 0 Å². The Kier molecular flexibility index (Phi) is 6.07. The number of nitrogens with one attached hydrogen (secondary N) is 2. The highest BCUT2D eigenvalue weighted by Crippen LogP contribution is 2.12. The van der Waals surface area contributed by atoms with E-state index in [1.165, 1.54) is 5.56 Å². The third-order valence-corrected chi connectivity index (χ3v) is 4.68. The normalized spacial score (nSPS) is 23.6. The van der Waals surface area contributed by atoms with Crippen molar-refractivity contribution >= 4 is 17.5 Å². The number of rotatable bonds is 5. The van der Waals surface area contributed by atoms with E-state index in [4.69, 9.17) is 11.6 Å². The summed E-state index contributed by atoms with van der Waals surface area (Å²) in [7, 11) is 0. The fourth-order valence-corrected chi connectivity index (χ4v) is 2.94. The van der Waals surface area contributed by atoms with Crippen LogP contribution in [0.4, 0.5) is 0 Å². The molecule has 1 atom stereocenters. The Morgan fingerprint density at radius 3 is 2.52 bits per heavy atom. The van der Waals surface area contributed by atoms with Gasteiger partial charge in [0.05, 0.1) is 13.1 Å². The molecule has 0 aliphatic carbocycles. The first-order chi connectivity index (χ1) is 10.1. The summed E-state index contributed by atoms with van der Waals surface area (Å²) >= 11 is 5.91. The molecule has 0 bridgehead atoms. The minimum atomic E-state index is 0.202. The van der Waals surface area contributed by atoms with Gasteiger partial charge in [0.1, 0.15) is 6.54 Å². The Morgan fingerprint density at radius 2 is 1.95 bits per heavy atom. The third-order valence-electron chi connectivity index (χ3n) is 4.43. The van der Waals surface area contributed by atoms with E-state index in [0.717, 1.165) is 43.9 Å². The summed E-state index contributed by atoms with van der Waals surface area (Å²) in [5, 5.41) is 3.89. The molecule has 1 fully saturated rings.